The number of para-hydroxylation sites is 1. The molecule has 4 rings (SSSR count). The van der Waals surface area contributed by atoms with Crippen LogP contribution in [0, 0.1) is 5.82 Å². The minimum atomic E-state index is -3.79. The van der Waals surface area contributed by atoms with E-state index in [0.29, 0.717) is 24.5 Å². The number of benzene rings is 2. The Hall–Kier alpha value is -2.82. The Bertz CT molecular complexity index is 1130. The van der Waals surface area contributed by atoms with Gasteiger partial charge < -0.3 is 13.9 Å². The first-order valence-electron chi connectivity index (χ1n) is 8.85. The van der Waals surface area contributed by atoms with Crippen molar-refractivity contribution >= 4 is 10.0 Å². The lowest BCUT2D eigenvalue weighted by Gasteiger charge is -2.26. The van der Waals surface area contributed by atoms with Crippen molar-refractivity contribution in [3.05, 3.63) is 48.3 Å². The minimum absolute atomic E-state index is 0.0483. The van der Waals surface area contributed by atoms with Crippen LogP contribution in [0.3, 0.4) is 0 Å². The maximum absolute atomic E-state index is 14.5. The summed E-state index contributed by atoms with van der Waals surface area (Å²) in [5.41, 5.74) is 0.458. The molecule has 0 radical (unpaired) electrons. The Morgan fingerprint density at radius 1 is 1.03 bits per heavy atom. The summed E-state index contributed by atoms with van der Waals surface area (Å²) in [5.74, 6) is -0.131. The van der Waals surface area contributed by atoms with Crippen molar-refractivity contribution in [2.75, 3.05) is 33.4 Å². The van der Waals surface area contributed by atoms with Crippen molar-refractivity contribution in [1.29, 1.82) is 0 Å². The predicted octanol–water partition coefficient (Wildman–Crippen LogP) is 2.57. The van der Waals surface area contributed by atoms with Gasteiger partial charge in [0.25, 0.3) is 11.8 Å². The second kappa shape index (κ2) is 7.90. The number of ether oxygens (including phenoxy) is 2. The molecule has 0 saturated carbocycles. The van der Waals surface area contributed by atoms with Crippen molar-refractivity contribution in [3.8, 4) is 28.7 Å². The van der Waals surface area contributed by atoms with Crippen LogP contribution in [0.1, 0.15) is 0 Å². The normalized spacial score (nSPS) is 15.4. The zero-order valence-corrected chi connectivity index (χ0v) is 16.4. The fraction of sp³-hybridized carbons (Fsp3) is 0.263. The SMILES string of the molecule is COc1ccccc1-c1nnc(-c2cc(S(=O)(=O)N3CCOCC3)ccc2F)o1. The van der Waals surface area contributed by atoms with E-state index in [1.54, 1.807) is 24.3 Å². The topological polar surface area (TPSA) is 94.8 Å². The van der Waals surface area contributed by atoms with Crippen LogP contribution in [0.5, 0.6) is 5.75 Å². The third-order valence-electron chi connectivity index (χ3n) is 4.54. The van der Waals surface area contributed by atoms with E-state index in [0.717, 1.165) is 6.07 Å². The lowest BCUT2D eigenvalue weighted by Crippen LogP contribution is -2.40. The Morgan fingerprint density at radius 2 is 1.72 bits per heavy atom. The van der Waals surface area contributed by atoms with Crippen molar-refractivity contribution in [3.63, 3.8) is 0 Å². The van der Waals surface area contributed by atoms with Gasteiger partial charge in [0.1, 0.15) is 11.6 Å². The van der Waals surface area contributed by atoms with Gasteiger partial charge in [0.2, 0.25) is 10.0 Å². The largest absolute Gasteiger partial charge is 0.496 e. The summed E-state index contributed by atoms with van der Waals surface area (Å²) < 4.78 is 57.6. The number of halogens is 1. The molecule has 1 aliphatic rings. The van der Waals surface area contributed by atoms with Gasteiger partial charge in [0, 0.05) is 13.1 Å². The first kappa shape index (κ1) is 19.5. The van der Waals surface area contributed by atoms with Crippen molar-refractivity contribution < 1.29 is 26.7 Å². The van der Waals surface area contributed by atoms with E-state index in [2.05, 4.69) is 10.2 Å². The third-order valence-corrected chi connectivity index (χ3v) is 6.43. The molecule has 29 heavy (non-hydrogen) atoms. The number of sulfonamides is 1. The molecule has 1 aromatic heterocycles. The fourth-order valence-electron chi connectivity index (χ4n) is 3.03. The van der Waals surface area contributed by atoms with Crippen LogP contribution in [0.15, 0.2) is 51.8 Å². The molecular formula is C19H18FN3O5S. The van der Waals surface area contributed by atoms with Gasteiger partial charge in [-0.3, -0.25) is 0 Å². The molecule has 152 valence electrons. The maximum Gasteiger partial charge on any atom is 0.251 e. The van der Waals surface area contributed by atoms with Gasteiger partial charge in [-0.25, -0.2) is 12.8 Å². The monoisotopic (exact) mass is 419 g/mol. The van der Waals surface area contributed by atoms with Gasteiger partial charge in [0.15, 0.2) is 0 Å². The van der Waals surface area contributed by atoms with Gasteiger partial charge in [-0.2, -0.15) is 4.31 Å². The zero-order chi connectivity index (χ0) is 20.4. The molecule has 1 aliphatic heterocycles. The van der Waals surface area contributed by atoms with Crippen LogP contribution in [0.25, 0.3) is 22.9 Å². The summed E-state index contributed by atoms with van der Waals surface area (Å²) >= 11 is 0. The van der Waals surface area contributed by atoms with E-state index in [1.165, 1.54) is 23.5 Å². The molecule has 10 heteroatoms. The smallest absolute Gasteiger partial charge is 0.251 e. The van der Waals surface area contributed by atoms with Crippen molar-refractivity contribution in [2.24, 2.45) is 0 Å². The Morgan fingerprint density at radius 3 is 2.45 bits per heavy atom. The highest BCUT2D eigenvalue weighted by Crippen LogP contribution is 2.32. The lowest BCUT2D eigenvalue weighted by atomic mass is 10.2. The molecular weight excluding hydrogens is 401 g/mol. The standard InChI is InChI=1S/C19H18FN3O5S/c1-26-17-5-3-2-4-14(17)18-21-22-19(28-18)15-12-13(6-7-16(15)20)29(24,25)23-8-10-27-11-9-23/h2-7,12H,8-11H2,1H3. The lowest BCUT2D eigenvalue weighted by molar-refractivity contribution is 0.0730. The summed E-state index contributed by atoms with van der Waals surface area (Å²) in [6.45, 7) is 1.12. The van der Waals surface area contributed by atoms with E-state index in [4.69, 9.17) is 13.9 Å². The molecule has 2 heterocycles. The quantitative estimate of drug-likeness (QED) is 0.627. The number of rotatable bonds is 5. The third kappa shape index (κ3) is 3.74. The number of nitrogens with zero attached hydrogens (tertiary/aromatic N) is 3. The number of aromatic nitrogens is 2. The molecule has 1 saturated heterocycles. The molecule has 8 nitrogen and oxygen atoms in total. The number of morpholine rings is 1. The molecule has 3 aromatic rings. The first-order valence-corrected chi connectivity index (χ1v) is 10.3. The molecule has 0 aliphatic carbocycles. The molecule has 0 amide bonds. The Labute approximate surface area is 166 Å². The summed E-state index contributed by atoms with van der Waals surface area (Å²) in [4.78, 5) is -0.0483. The van der Waals surface area contributed by atoms with Gasteiger partial charge in [-0.05, 0) is 30.3 Å². The second-order valence-electron chi connectivity index (χ2n) is 6.27. The van der Waals surface area contributed by atoms with Crippen LogP contribution >= 0.6 is 0 Å². The van der Waals surface area contributed by atoms with E-state index in [1.807, 2.05) is 0 Å². The van der Waals surface area contributed by atoms with Crippen LogP contribution in [0.4, 0.5) is 4.39 Å². The highest BCUT2D eigenvalue weighted by atomic mass is 32.2. The van der Waals surface area contributed by atoms with Gasteiger partial charge in [-0.15, -0.1) is 10.2 Å². The average molecular weight is 419 g/mol. The van der Waals surface area contributed by atoms with E-state index in [-0.39, 0.29) is 35.3 Å². The summed E-state index contributed by atoms with van der Waals surface area (Å²) in [6, 6.07) is 10.5. The number of hydrogen-bond acceptors (Lipinski definition) is 7. The zero-order valence-electron chi connectivity index (χ0n) is 15.5. The maximum atomic E-state index is 14.5. The van der Waals surface area contributed by atoms with E-state index in [9.17, 15) is 12.8 Å². The molecule has 0 N–H and O–H groups in total. The van der Waals surface area contributed by atoms with Crippen molar-refractivity contribution in [2.45, 2.75) is 4.90 Å². The van der Waals surface area contributed by atoms with Gasteiger partial charge >= 0.3 is 0 Å². The van der Waals surface area contributed by atoms with E-state index < -0.39 is 15.8 Å². The van der Waals surface area contributed by atoms with Crippen LogP contribution in [0.2, 0.25) is 0 Å². The van der Waals surface area contributed by atoms with E-state index >= 15 is 0 Å². The number of hydrogen-bond donors (Lipinski definition) is 0. The summed E-state index contributed by atoms with van der Waals surface area (Å²) in [5, 5.41) is 7.85. The molecule has 0 unspecified atom stereocenters. The Balaban J connectivity index is 1.71. The Kier molecular flexibility index (Phi) is 5.31. The predicted molar refractivity (Wildman–Crippen MR) is 101 cm³/mol. The minimum Gasteiger partial charge on any atom is -0.496 e. The van der Waals surface area contributed by atoms with Crippen molar-refractivity contribution in [1.82, 2.24) is 14.5 Å². The highest BCUT2D eigenvalue weighted by Gasteiger charge is 2.28. The molecule has 0 spiro atoms. The molecule has 0 atom stereocenters. The first-order chi connectivity index (χ1) is 14.0. The average Bonchev–Trinajstić information content (AvgIpc) is 3.24. The van der Waals surface area contributed by atoms with Crippen LogP contribution in [-0.4, -0.2) is 56.3 Å². The molecule has 1 fully saturated rings. The highest BCUT2D eigenvalue weighted by molar-refractivity contribution is 7.89. The summed E-state index contributed by atoms with van der Waals surface area (Å²) in [7, 11) is -2.28. The number of methoxy groups -OCH3 is 1. The van der Waals surface area contributed by atoms with Crippen LogP contribution in [-0.2, 0) is 14.8 Å². The van der Waals surface area contributed by atoms with Gasteiger partial charge in [0.05, 0.1) is 36.3 Å². The molecule has 0 bridgehead atoms. The van der Waals surface area contributed by atoms with Gasteiger partial charge in [-0.1, -0.05) is 12.1 Å². The second-order valence-corrected chi connectivity index (χ2v) is 8.21. The molecule has 2 aromatic carbocycles. The summed E-state index contributed by atoms with van der Waals surface area (Å²) in [6.07, 6.45) is 0. The fourth-order valence-corrected chi connectivity index (χ4v) is 4.46. The van der Waals surface area contributed by atoms with Crippen LogP contribution < -0.4 is 4.74 Å².